The van der Waals surface area contributed by atoms with Gasteiger partial charge in [0.15, 0.2) is 0 Å². The summed E-state index contributed by atoms with van der Waals surface area (Å²) in [6, 6.07) is 30.6. The van der Waals surface area contributed by atoms with Crippen LogP contribution in [0.25, 0.3) is 0 Å². The molecule has 2 unspecified atom stereocenters. The monoisotopic (exact) mass is 418 g/mol. The van der Waals surface area contributed by atoms with Crippen LogP contribution < -0.4 is 0 Å². The molecule has 1 aliphatic heterocycles. The van der Waals surface area contributed by atoms with Gasteiger partial charge in [-0.3, -0.25) is 0 Å². The second-order valence-electron chi connectivity index (χ2n) is 7.90. The van der Waals surface area contributed by atoms with Crippen molar-refractivity contribution in [3.63, 3.8) is 0 Å². The Labute approximate surface area is 184 Å². The minimum atomic E-state index is -0.199. The first kappa shape index (κ1) is 21.7. The summed E-state index contributed by atoms with van der Waals surface area (Å²) in [5.41, 5.74) is 3.42. The van der Waals surface area contributed by atoms with E-state index in [1.165, 1.54) is 0 Å². The third kappa shape index (κ3) is 6.25. The lowest BCUT2D eigenvalue weighted by Gasteiger charge is -2.24. The first-order chi connectivity index (χ1) is 15.3. The molecule has 4 atom stereocenters. The van der Waals surface area contributed by atoms with Crippen molar-refractivity contribution in [2.24, 2.45) is 0 Å². The van der Waals surface area contributed by atoms with E-state index in [1.54, 1.807) is 0 Å². The number of hydrogen-bond acceptors (Lipinski definition) is 4. The van der Waals surface area contributed by atoms with E-state index in [4.69, 9.17) is 18.9 Å². The molecule has 4 rings (SSSR count). The summed E-state index contributed by atoms with van der Waals surface area (Å²) in [6.45, 7) is 4.11. The Morgan fingerprint density at radius 1 is 0.613 bits per heavy atom. The molecule has 31 heavy (non-hydrogen) atoms. The van der Waals surface area contributed by atoms with Crippen LogP contribution in [0.15, 0.2) is 91.0 Å². The lowest BCUT2D eigenvalue weighted by molar-refractivity contribution is -0.0897. The third-order valence-electron chi connectivity index (χ3n) is 5.51. The van der Waals surface area contributed by atoms with Crippen molar-refractivity contribution in [3.8, 4) is 0 Å². The molecule has 0 aliphatic carbocycles. The first-order valence-electron chi connectivity index (χ1n) is 10.9. The van der Waals surface area contributed by atoms with Gasteiger partial charge in [0.25, 0.3) is 0 Å². The van der Waals surface area contributed by atoms with Gasteiger partial charge in [0.2, 0.25) is 0 Å². The SMILES string of the molecule is C[C@@H]1O[C@H](COCc2ccccc2)C(OCc2ccccc2)C1OCc1ccccc1. The van der Waals surface area contributed by atoms with Crippen LogP contribution in [0.1, 0.15) is 23.6 Å². The van der Waals surface area contributed by atoms with Gasteiger partial charge in [0, 0.05) is 0 Å². The van der Waals surface area contributed by atoms with Crippen LogP contribution in [0.3, 0.4) is 0 Å². The molecule has 0 amide bonds. The van der Waals surface area contributed by atoms with Crippen molar-refractivity contribution < 1.29 is 18.9 Å². The van der Waals surface area contributed by atoms with Crippen LogP contribution in [0, 0.1) is 0 Å². The third-order valence-corrected chi connectivity index (χ3v) is 5.51. The summed E-state index contributed by atoms with van der Waals surface area (Å²) in [7, 11) is 0. The van der Waals surface area contributed by atoms with Gasteiger partial charge in [0.05, 0.1) is 32.5 Å². The van der Waals surface area contributed by atoms with E-state index in [2.05, 4.69) is 36.4 Å². The van der Waals surface area contributed by atoms with E-state index in [-0.39, 0.29) is 24.4 Å². The average Bonchev–Trinajstić information content (AvgIpc) is 3.12. The first-order valence-corrected chi connectivity index (χ1v) is 10.9. The molecule has 0 bridgehead atoms. The molecule has 162 valence electrons. The van der Waals surface area contributed by atoms with Crippen LogP contribution in [0.5, 0.6) is 0 Å². The van der Waals surface area contributed by atoms with Crippen LogP contribution in [0.4, 0.5) is 0 Å². The molecule has 1 aliphatic rings. The summed E-state index contributed by atoms with van der Waals surface area (Å²) in [4.78, 5) is 0. The normalized spacial score (nSPS) is 23.1. The molecule has 1 fully saturated rings. The molecule has 4 nitrogen and oxygen atoms in total. The van der Waals surface area contributed by atoms with Crippen molar-refractivity contribution in [1.82, 2.24) is 0 Å². The highest BCUT2D eigenvalue weighted by Crippen LogP contribution is 2.29. The summed E-state index contributed by atoms with van der Waals surface area (Å²) in [5, 5.41) is 0. The Morgan fingerprint density at radius 2 is 1.06 bits per heavy atom. The molecule has 0 spiro atoms. The minimum absolute atomic E-state index is 0.0742. The topological polar surface area (TPSA) is 36.9 Å². The maximum absolute atomic E-state index is 6.35. The highest BCUT2D eigenvalue weighted by molar-refractivity contribution is 5.15. The van der Waals surface area contributed by atoms with Crippen molar-refractivity contribution in [1.29, 1.82) is 0 Å². The molecule has 1 heterocycles. The Bertz CT molecular complexity index is 885. The standard InChI is InChI=1S/C27H30O4/c1-21-26(29-18-23-13-7-3-8-14-23)27(30-19-24-15-9-4-10-16-24)25(31-21)20-28-17-22-11-5-2-6-12-22/h2-16,21,25-27H,17-20H2,1H3/t21-,25+,26?,27?/m0/s1. The van der Waals surface area contributed by atoms with Crippen molar-refractivity contribution in [2.45, 2.75) is 51.2 Å². The van der Waals surface area contributed by atoms with E-state index in [9.17, 15) is 0 Å². The van der Waals surface area contributed by atoms with Gasteiger partial charge < -0.3 is 18.9 Å². The molecule has 0 N–H and O–H groups in total. The van der Waals surface area contributed by atoms with Gasteiger partial charge in [0.1, 0.15) is 18.3 Å². The molecule has 4 heteroatoms. The number of hydrogen-bond donors (Lipinski definition) is 0. The fourth-order valence-corrected chi connectivity index (χ4v) is 3.88. The Morgan fingerprint density at radius 3 is 1.58 bits per heavy atom. The highest BCUT2D eigenvalue weighted by Gasteiger charge is 2.44. The van der Waals surface area contributed by atoms with Crippen LogP contribution in [-0.4, -0.2) is 31.0 Å². The Kier molecular flexibility index (Phi) is 7.86. The Hall–Kier alpha value is -2.50. The molecule has 0 aromatic heterocycles. The quantitative estimate of drug-likeness (QED) is 0.456. The lowest BCUT2D eigenvalue weighted by Crippen LogP contribution is -2.38. The lowest BCUT2D eigenvalue weighted by atomic mass is 10.1. The van der Waals surface area contributed by atoms with Gasteiger partial charge in [-0.1, -0.05) is 91.0 Å². The average molecular weight is 419 g/mol. The fraction of sp³-hybridized carbons (Fsp3) is 0.333. The summed E-state index contributed by atoms with van der Waals surface area (Å²) < 4.78 is 24.8. The van der Waals surface area contributed by atoms with E-state index >= 15 is 0 Å². The number of ether oxygens (including phenoxy) is 4. The van der Waals surface area contributed by atoms with Crippen molar-refractivity contribution in [3.05, 3.63) is 108 Å². The molecule has 3 aromatic rings. The minimum Gasteiger partial charge on any atom is -0.374 e. The van der Waals surface area contributed by atoms with Crippen molar-refractivity contribution in [2.75, 3.05) is 6.61 Å². The van der Waals surface area contributed by atoms with Crippen LogP contribution in [-0.2, 0) is 38.8 Å². The van der Waals surface area contributed by atoms with Gasteiger partial charge in [-0.05, 0) is 23.6 Å². The zero-order valence-corrected chi connectivity index (χ0v) is 17.9. The smallest absolute Gasteiger partial charge is 0.115 e. The largest absolute Gasteiger partial charge is 0.374 e. The van der Waals surface area contributed by atoms with E-state index < -0.39 is 0 Å². The second-order valence-corrected chi connectivity index (χ2v) is 7.90. The van der Waals surface area contributed by atoms with Gasteiger partial charge in [-0.15, -0.1) is 0 Å². The molecule has 0 radical (unpaired) electrons. The molecule has 3 aromatic carbocycles. The fourth-order valence-electron chi connectivity index (χ4n) is 3.88. The zero-order chi connectivity index (χ0) is 21.3. The molecular formula is C27H30O4. The van der Waals surface area contributed by atoms with Gasteiger partial charge in [-0.2, -0.15) is 0 Å². The summed E-state index contributed by atoms with van der Waals surface area (Å²) >= 11 is 0. The van der Waals surface area contributed by atoms with E-state index in [1.807, 2.05) is 61.5 Å². The molecular weight excluding hydrogens is 388 g/mol. The predicted octanol–water partition coefficient (Wildman–Crippen LogP) is 5.16. The molecule has 0 saturated carbocycles. The summed E-state index contributed by atoms with van der Waals surface area (Å²) in [6.07, 6.45) is -0.609. The molecule has 1 saturated heterocycles. The summed E-state index contributed by atoms with van der Waals surface area (Å²) in [5.74, 6) is 0. The Balaban J connectivity index is 1.39. The zero-order valence-electron chi connectivity index (χ0n) is 17.9. The maximum atomic E-state index is 6.35. The number of rotatable bonds is 10. The second kappa shape index (κ2) is 11.2. The van der Waals surface area contributed by atoms with Crippen LogP contribution in [0.2, 0.25) is 0 Å². The van der Waals surface area contributed by atoms with Crippen molar-refractivity contribution >= 4 is 0 Å². The highest BCUT2D eigenvalue weighted by atomic mass is 16.6. The number of benzene rings is 3. The predicted molar refractivity (Wildman–Crippen MR) is 120 cm³/mol. The van der Waals surface area contributed by atoms with E-state index in [0.29, 0.717) is 26.4 Å². The van der Waals surface area contributed by atoms with Gasteiger partial charge >= 0.3 is 0 Å². The van der Waals surface area contributed by atoms with E-state index in [0.717, 1.165) is 16.7 Å². The van der Waals surface area contributed by atoms with Crippen LogP contribution >= 0.6 is 0 Å². The maximum Gasteiger partial charge on any atom is 0.115 e. The van der Waals surface area contributed by atoms with Gasteiger partial charge in [-0.25, -0.2) is 0 Å².